The normalized spacial score (nSPS) is 8.60. The van der Waals surface area contributed by atoms with Gasteiger partial charge in [-0.1, -0.05) is 58.4 Å². The lowest BCUT2D eigenvalue weighted by Crippen LogP contribution is -1.87. The topological polar surface area (TPSA) is 9.23 Å². The van der Waals surface area contributed by atoms with Gasteiger partial charge in [-0.15, -0.1) is 13.2 Å². The Kier molecular flexibility index (Phi) is 10.6. The highest BCUT2D eigenvalue weighted by atomic mass is 79.9. The Bertz CT molecular complexity index is 248. The van der Waals surface area contributed by atoms with E-state index in [9.17, 15) is 0 Å². The first-order chi connectivity index (χ1) is 7.35. The number of hydrogen-bond donors (Lipinski definition) is 0. The molecule has 0 amide bonds. The summed E-state index contributed by atoms with van der Waals surface area (Å²) in [6.07, 6.45) is 3.42. The molecule has 82 valence electrons. The van der Waals surface area contributed by atoms with Gasteiger partial charge in [0.2, 0.25) is 0 Å². The van der Waals surface area contributed by atoms with Crippen LogP contribution in [0.2, 0.25) is 0 Å². The molecule has 0 aliphatic rings. The highest BCUT2D eigenvalue weighted by Gasteiger charge is 1.81. The fourth-order valence-corrected chi connectivity index (χ4v) is 1.18. The van der Waals surface area contributed by atoms with Crippen LogP contribution in [0, 0.1) is 0 Å². The molecule has 0 saturated heterocycles. The summed E-state index contributed by atoms with van der Waals surface area (Å²) in [5, 5.41) is 0.952. The van der Waals surface area contributed by atoms with Crippen LogP contribution in [0.3, 0.4) is 0 Å². The van der Waals surface area contributed by atoms with Crippen molar-refractivity contribution in [3.05, 3.63) is 61.2 Å². The molecule has 0 bridgehead atoms. The van der Waals surface area contributed by atoms with Gasteiger partial charge in [-0.25, -0.2) is 0 Å². The van der Waals surface area contributed by atoms with E-state index in [0.717, 1.165) is 5.33 Å². The summed E-state index contributed by atoms with van der Waals surface area (Å²) in [5.74, 6) is 0. The summed E-state index contributed by atoms with van der Waals surface area (Å²) in [6.45, 7) is 8.18. The third-order valence-corrected chi connectivity index (χ3v) is 2.12. The van der Waals surface area contributed by atoms with Gasteiger partial charge in [-0.05, 0) is 5.56 Å². The van der Waals surface area contributed by atoms with E-state index in [1.54, 1.807) is 12.2 Å². The van der Waals surface area contributed by atoms with Gasteiger partial charge in [-0.2, -0.15) is 0 Å². The van der Waals surface area contributed by atoms with E-state index >= 15 is 0 Å². The fourth-order valence-electron chi connectivity index (χ4n) is 0.802. The quantitative estimate of drug-likeness (QED) is 0.446. The number of alkyl halides is 1. The molecule has 1 aromatic rings. The number of rotatable bonds is 5. The van der Waals surface area contributed by atoms with Crippen LogP contribution in [0.15, 0.2) is 55.6 Å². The average molecular weight is 269 g/mol. The van der Waals surface area contributed by atoms with Gasteiger partial charge >= 0.3 is 0 Å². The Morgan fingerprint density at radius 2 is 1.60 bits per heavy atom. The molecule has 1 aromatic carbocycles. The van der Waals surface area contributed by atoms with E-state index in [-0.39, 0.29) is 0 Å². The van der Waals surface area contributed by atoms with Crippen LogP contribution in [0.25, 0.3) is 0 Å². The highest BCUT2D eigenvalue weighted by Crippen LogP contribution is 2.02. The Labute approximate surface area is 101 Å². The second kappa shape index (κ2) is 11.2. The zero-order valence-corrected chi connectivity index (χ0v) is 10.4. The van der Waals surface area contributed by atoms with E-state index in [2.05, 4.69) is 41.2 Å². The van der Waals surface area contributed by atoms with E-state index in [0.29, 0.717) is 13.2 Å². The largest absolute Gasteiger partial charge is 0.373 e. The summed E-state index contributed by atoms with van der Waals surface area (Å²) in [6, 6.07) is 10.3. The van der Waals surface area contributed by atoms with Crippen molar-refractivity contribution in [1.82, 2.24) is 0 Å². The van der Waals surface area contributed by atoms with Crippen LogP contribution in [0.4, 0.5) is 0 Å². The van der Waals surface area contributed by atoms with Crippen molar-refractivity contribution >= 4 is 15.9 Å². The van der Waals surface area contributed by atoms with Gasteiger partial charge in [0.1, 0.15) is 0 Å². The molecule has 0 fully saturated rings. The number of halogens is 1. The molecular weight excluding hydrogens is 252 g/mol. The van der Waals surface area contributed by atoms with Crippen molar-refractivity contribution in [2.45, 2.75) is 5.33 Å². The van der Waals surface area contributed by atoms with E-state index < -0.39 is 0 Å². The molecular formula is C13H17BrO. The SMILES string of the molecule is BrCc1ccccc1.C=CCOCC=C. The van der Waals surface area contributed by atoms with Crippen LogP contribution < -0.4 is 0 Å². The molecule has 0 aliphatic heterocycles. The minimum absolute atomic E-state index is 0.617. The first kappa shape index (κ1) is 14.1. The van der Waals surface area contributed by atoms with Gasteiger partial charge < -0.3 is 4.74 Å². The van der Waals surface area contributed by atoms with Crippen LogP contribution >= 0.6 is 15.9 Å². The van der Waals surface area contributed by atoms with Crippen molar-refractivity contribution in [3.8, 4) is 0 Å². The number of benzene rings is 1. The monoisotopic (exact) mass is 268 g/mol. The minimum Gasteiger partial charge on any atom is -0.373 e. The maximum Gasteiger partial charge on any atom is 0.0649 e. The second-order valence-electron chi connectivity index (χ2n) is 2.73. The zero-order chi connectivity index (χ0) is 11.4. The molecule has 0 atom stereocenters. The maximum absolute atomic E-state index is 4.90. The van der Waals surface area contributed by atoms with Gasteiger partial charge in [-0.3, -0.25) is 0 Å². The highest BCUT2D eigenvalue weighted by molar-refractivity contribution is 9.08. The number of hydrogen-bond acceptors (Lipinski definition) is 1. The summed E-state index contributed by atoms with van der Waals surface area (Å²) in [4.78, 5) is 0. The molecule has 0 N–H and O–H groups in total. The first-order valence-electron chi connectivity index (χ1n) is 4.74. The molecule has 0 heterocycles. The number of ether oxygens (including phenoxy) is 1. The summed E-state index contributed by atoms with van der Waals surface area (Å²) < 4.78 is 4.90. The summed E-state index contributed by atoms with van der Waals surface area (Å²) >= 11 is 3.36. The van der Waals surface area contributed by atoms with Gasteiger partial charge in [0, 0.05) is 5.33 Å². The lowest BCUT2D eigenvalue weighted by molar-refractivity contribution is 0.194. The minimum atomic E-state index is 0.617. The molecule has 0 radical (unpaired) electrons. The third kappa shape index (κ3) is 9.44. The van der Waals surface area contributed by atoms with E-state index in [4.69, 9.17) is 4.74 Å². The Hall–Kier alpha value is -0.860. The summed E-state index contributed by atoms with van der Waals surface area (Å²) in [5.41, 5.74) is 1.33. The maximum atomic E-state index is 4.90. The lowest BCUT2D eigenvalue weighted by atomic mass is 10.2. The van der Waals surface area contributed by atoms with Crippen LogP contribution in [0.1, 0.15) is 5.56 Å². The predicted octanol–water partition coefficient (Wildman–Crippen LogP) is 3.96. The molecule has 0 spiro atoms. The van der Waals surface area contributed by atoms with Gasteiger partial charge in [0.25, 0.3) is 0 Å². The van der Waals surface area contributed by atoms with Crippen LogP contribution in [-0.2, 0) is 10.1 Å². The van der Waals surface area contributed by atoms with Crippen molar-refractivity contribution < 1.29 is 4.74 Å². The molecule has 15 heavy (non-hydrogen) atoms. The Morgan fingerprint density at radius 1 is 1.07 bits per heavy atom. The molecule has 0 unspecified atom stereocenters. The Balaban J connectivity index is 0.000000265. The fraction of sp³-hybridized carbons (Fsp3) is 0.231. The third-order valence-electron chi connectivity index (χ3n) is 1.47. The summed E-state index contributed by atoms with van der Waals surface area (Å²) in [7, 11) is 0. The lowest BCUT2D eigenvalue weighted by Gasteiger charge is -1.89. The van der Waals surface area contributed by atoms with Crippen molar-refractivity contribution in [2.24, 2.45) is 0 Å². The smallest absolute Gasteiger partial charge is 0.0649 e. The average Bonchev–Trinajstić information content (AvgIpc) is 2.32. The molecule has 0 aromatic heterocycles. The molecule has 0 aliphatic carbocycles. The van der Waals surface area contributed by atoms with Gasteiger partial charge in [0.15, 0.2) is 0 Å². The van der Waals surface area contributed by atoms with Crippen molar-refractivity contribution in [3.63, 3.8) is 0 Å². The predicted molar refractivity (Wildman–Crippen MR) is 70.3 cm³/mol. The Morgan fingerprint density at radius 3 is 1.93 bits per heavy atom. The molecule has 0 saturated carbocycles. The zero-order valence-electron chi connectivity index (χ0n) is 8.86. The standard InChI is InChI=1S/C7H7Br.C6H10O/c8-6-7-4-2-1-3-5-7;1-3-5-7-6-4-2/h1-5H,6H2;3-4H,1-2,5-6H2. The molecule has 1 nitrogen and oxygen atoms in total. The van der Waals surface area contributed by atoms with Crippen molar-refractivity contribution in [1.29, 1.82) is 0 Å². The van der Waals surface area contributed by atoms with Crippen molar-refractivity contribution in [2.75, 3.05) is 13.2 Å². The van der Waals surface area contributed by atoms with Crippen LogP contribution in [0.5, 0.6) is 0 Å². The first-order valence-corrected chi connectivity index (χ1v) is 5.86. The van der Waals surface area contributed by atoms with Gasteiger partial charge in [0.05, 0.1) is 13.2 Å². The van der Waals surface area contributed by atoms with Crippen LogP contribution in [-0.4, -0.2) is 13.2 Å². The molecule has 2 heteroatoms. The molecule has 1 rings (SSSR count). The second-order valence-corrected chi connectivity index (χ2v) is 3.29. The van der Waals surface area contributed by atoms with E-state index in [1.165, 1.54) is 5.56 Å². The van der Waals surface area contributed by atoms with E-state index in [1.807, 2.05) is 18.2 Å².